The first-order valence-electron chi connectivity index (χ1n) is 13.6. The summed E-state index contributed by atoms with van der Waals surface area (Å²) in [4.78, 5) is 4.58. The molecule has 5 aromatic carbocycles. The molecule has 0 saturated carbocycles. The van der Waals surface area contributed by atoms with Gasteiger partial charge in [-0.2, -0.15) is 0 Å². The average Bonchev–Trinajstić information content (AvgIpc) is 3.35. The summed E-state index contributed by atoms with van der Waals surface area (Å²) in [5.41, 5.74) is 11.9. The molecule has 6 rings (SSSR count). The van der Waals surface area contributed by atoms with Crippen LogP contribution in [0, 0.1) is 11.3 Å². The SMILES string of the molecule is C/C=C\C(=C/C(C)C)c1cc2ccccc2c2cc(C(=N)/N=C(\N)c3cccc4oc5ccccc5c34)ccc12. The van der Waals surface area contributed by atoms with Crippen molar-refractivity contribution in [3.63, 3.8) is 0 Å². The fourth-order valence-corrected chi connectivity index (χ4v) is 5.50. The Bertz CT molecular complexity index is 2020. The number of hydrogen-bond donors (Lipinski definition) is 2. The fourth-order valence-electron chi connectivity index (χ4n) is 5.50. The second kappa shape index (κ2) is 10.3. The van der Waals surface area contributed by atoms with E-state index in [0.29, 0.717) is 11.5 Å². The second-order valence-corrected chi connectivity index (χ2v) is 10.4. The van der Waals surface area contributed by atoms with Crippen molar-refractivity contribution in [2.24, 2.45) is 16.6 Å². The van der Waals surface area contributed by atoms with Crippen LogP contribution in [-0.2, 0) is 0 Å². The lowest BCUT2D eigenvalue weighted by Gasteiger charge is -2.14. The van der Waals surface area contributed by atoms with Crippen molar-refractivity contribution in [1.82, 2.24) is 0 Å². The molecule has 0 radical (unpaired) electrons. The summed E-state index contributed by atoms with van der Waals surface area (Å²) in [5.74, 6) is 0.815. The number of nitrogens with two attached hydrogens (primary N) is 1. The molecule has 40 heavy (non-hydrogen) atoms. The van der Waals surface area contributed by atoms with Gasteiger partial charge in [-0.05, 0) is 69.8 Å². The van der Waals surface area contributed by atoms with Crippen molar-refractivity contribution in [2.75, 3.05) is 0 Å². The lowest BCUT2D eigenvalue weighted by atomic mass is 9.90. The highest BCUT2D eigenvalue weighted by Gasteiger charge is 2.15. The molecular formula is C36H31N3O. The number of para-hydroxylation sites is 1. The van der Waals surface area contributed by atoms with E-state index in [-0.39, 0.29) is 11.7 Å². The Kier molecular flexibility index (Phi) is 6.53. The Hall–Kier alpha value is -4.96. The van der Waals surface area contributed by atoms with E-state index in [1.165, 1.54) is 11.1 Å². The van der Waals surface area contributed by atoms with Crippen LogP contribution >= 0.6 is 0 Å². The monoisotopic (exact) mass is 521 g/mol. The molecule has 196 valence electrons. The number of aliphatic imine (C=N–C) groups is 1. The van der Waals surface area contributed by atoms with Gasteiger partial charge in [-0.1, -0.05) is 98.8 Å². The van der Waals surface area contributed by atoms with E-state index in [9.17, 15) is 0 Å². The van der Waals surface area contributed by atoms with Crippen molar-refractivity contribution in [1.29, 1.82) is 5.41 Å². The lowest BCUT2D eigenvalue weighted by molar-refractivity contribution is 0.669. The Morgan fingerprint density at radius 1 is 0.800 bits per heavy atom. The van der Waals surface area contributed by atoms with Gasteiger partial charge in [0.05, 0.1) is 0 Å². The Balaban J connectivity index is 1.49. The molecule has 0 fully saturated rings. The molecular weight excluding hydrogens is 490 g/mol. The predicted molar refractivity (Wildman–Crippen MR) is 170 cm³/mol. The van der Waals surface area contributed by atoms with Gasteiger partial charge in [-0.15, -0.1) is 0 Å². The van der Waals surface area contributed by atoms with Crippen LogP contribution in [0.25, 0.3) is 49.1 Å². The van der Waals surface area contributed by atoms with Gasteiger partial charge >= 0.3 is 0 Å². The molecule has 0 spiro atoms. The number of amidine groups is 2. The summed E-state index contributed by atoms with van der Waals surface area (Å²) >= 11 is 0. The van der Waals surface area contributed by atoms with Crippen molar-refractivity contribution in [2.45, 2.75) is 20.8 Å². The predicted octanol–water partition coefficient (Wildman–Crippen LogP) is 9.24. The summed E-state index contributed by atoms with van der Waals surface area (Å²) < 4.78 is 6.02. The van der Waals surface area contributed by atoms with E-state index in [1.807, 2.05) is 55.5 Å². The highest BCUT2D eigenvalue weighted by molar-refractivity contribution is 6.21. The zero-order valence-corrected chi connectivity index (χ0v) is 22.9. The topological polar surface area (TPSA) is 75.4 Å². The Morgan fingerprint density at radius 2 is 1.55 bits per heavy atom. The summed E-state index contributed by atoms with van der Waals surface area (Å²) in [6.07, 6.45) is 6.55. The van der Waals surface area contributed by atoms with Gasteiger partial charge in [0.1, 0.15) is 17.0 Å². The van der Waals surface area contributed by atoms with Crippen molar-refractivity contribution >= 4 is 60.7 Å². The minimum Gasteiger partial charge on any atom is -0.456 e. The van der Waals surface area contributed by atoms with Gasteiger partial charge in [-0.3, -0.25) is 5.41 Å². The van der Waals surface area contributed by atoms with Crippen molar-refractivity contribution < 1.29 is 4.42 Å². The number of nitrogens with one attached hydrogen (secondary N) is 1. The van der Waals surface area contributed by atoms with Crippen LogP contribution in [0.2, 0.25) is 0 Å². The molecule has 0 amide bonds. The minimum atomic E-state index is 0.116. The molecule has 4 heteroatoms. The third kappa shape index (κ3) is 4.48. The van der Waals surface area contributed by atoms with Gasteiger partial charge in [0.2, 0.25) is 0 Å². The van der Waals surface area contributed by atoms with Crippen LogP contribution in [0.15, 0.2) is 119 Å². The number of rotatable bonds is 5. The van der Waals surface area contributed by atoms with Crippen molar-refractivity contribution in [3.8, 4) is 0 Å². The zero-order chi connectivity index (χ0) is 27.8. The minimum absolute atomic E-state index is 0.116. The zero-order valence-electron chi connectivity index (χ0n) is 22.9. The lowest BCUT2D eigenvalue weighted by Crippen LogP contribution is -2.16. The molecule has 0 atom stereocenters. The van der Waals surface area contributed by atoms with Gasteiger partial charge < -0.3 is 10.2 Å². The Morgan fingerprint density at radius 3 is 2.35 bits per heavy atom. The molecule has 0 unspecified atom stereocenters. The molecule has 0 aliphatic carbocycles. The van der Waals surface area contributed by atoms with Crippen molar-refractivity contribution in [3.05, 3.63) is 126 Å². The summed E-state index contributed by atoms with van der Waals surface area (Å²) in [6.45, 7) is 6.44. The number of benzene rings is 5. The van der Waals surface area contributed by atoms with Crippen LogP contribution < -0.4 is 5.73 Å². The molecule has 3 N–H and O–H groups in total. The van der Waals surface area contributed by atoms with E-state index in [4.69, 9.17) is 15.6 Å². The number of furan rings is 1. The first kappa shape index (κ1) is 25.3. The van der Waals surface area contributed by atoms with Crippen LogP contribution in [0.1, 0.15) is 37.5 Å². The third-order valence-electron chi connectivity index (χ3n) is 7.21. The van der Waals surface area contributed by atoms with Crippen LogP contribution in [-0.4, -0.2) is 11.7 Å². The first-order chi connectivity index (χ1) is 19.4. The smallest absolute Gasteiger partial charge is 0.154 e. The maximum absolute atomic E-state index is 8.91. The van der Waals surface area contributed by atoms with Gasteiger partial charge in [-0.25, -0.2) is 4.99 Å². The summed E-state index contributed by atoms with van der Waals surface area (Å²) in [7, 11) is 0. The van der Waals surface area contributed by atoms with Gasteiger partial charge in [0.25, 0.3) is 0 Å². The van der Waals surface area contributed by atoms with E-state index in [0.717, 1.165) is 49.0 Å². The number of fused-ring (bicyclic) bond motifs is 6. The Labute approximate surface area is 233 Å². The average molecular weight is 522 g/mol. The molecule has 0 saturated heterocycles. The number of allylic oxidation sites excluding steroid dienone is 4. The largest absolute Gasteiger partial charge is 0.456 e. The standard InChI is InChI=1S/C36H31N3O/c1-4-10-23(19-22(2)3)30-20-24-11-5-6-12-26(24)31-21-25(17-18-27(30)31)35(37)39-36(38)29-14-9-16-33-34(29)28-13-7-8-15-32(28)40-33/h4-22H,1-3H3,(H3,37,38,39)/b10-4-,23-19+. The number of nitrogens with zero attached hydrogens (tertiary/aromatic N) is 1. The molecule has 6 aromatic rings. The molecule has 4 nitrogen and oxygen atoms in total. The molecule has 1 aromatic heterocycles. The normalized spacial score (nSPS) is 13.0. The van der Waals surface area contributed by atoms with Gasteiger partial charge in [0.15, 0.2) is 5.84 Å². The van der Waals surface area contributed by atoms with E-state index in [2.05, 4.69) is 79.5 Å². The van der Waals surface area contributed by atoms with E-state index < -0.39 is 0 Å². The van der Waals surface area contributed by atoms with E-state index >= 15 is 0 Å². The molecule has 0 aliphatic rings. The number of hydrogen-bond acceptors (Lipinski definition) is 2. The van der Waals surface area contributed by atoms with Gasteiger partial charge in [0, 0.05) is 21.9 Å². The third-order valence-corrected chi connectivity index (χ3v) is 7.21. The molecule has 1 heterocycles. The fraction of sp³-hybridized carbons (Fsp3) is 0.111. The second-order valence-electron chi connectivity index (χ2n) is 10.4. The van der Waals surface area contributed by atoms with Crippen LogP contribution in [0.5, 0.6) is 0 Å². The first-order valence-corrected chi connectivity index (χ1v) is 13.6. The maximum Gasteiger partial charge on any atom is 0.154 e. The molecule has 0 bridgehead atoms. The summed E-state index contributed by atoms with van der Waals surface area (Å²) in [5, 5.41) is 15.3. The summed E-state index contributed by atoms with van der Waals surface area (Å²) in [6, 6.07) is 30.5. The van der Waals surface area contributed by atoms with Crippen LogP contribution in [0.4, 0.5) is 0 Å². The quantitative estimate of drug-likeness (QED) is 0.103. The maximum atomic E-state index is 8.91. The van der Waals surface area contributed by atoms with E-state index in [1.54, 1.807) is 0 Å². The highest BCUT2D eigenvalue weighted by atomic mass is 16.3. The molecule has 0 aliphatic heterocycles. The highest BCUT2D eigenvalue weighted by Crippen LogP contribution is 2.35. The van der Waals surface area contributed by atoms with Crippen LogP contribution in [0.3, 0.4) is 0 Å².